The first-order valence-corrected chi connectivity index (χ1v) is 8.21. The molecule has 2 aromatic rings. The molecule has 3 heteroatoms. The first-order chi connectivity index (χ1) is 10.4. The molecule has 0 unspecified atom stereocenters. The van der Waals surface area contributed by atoms with E-state index >= 15 is 0 Å². The molecular weight excluding hydrogens is 260 g/mol. The number of aromatic nitrogens is 1. The summed E-state index contributed by atoms with van der Waals surface area (Å²) < 4.78 is 7.73. The van der Waals surface area contributed by atoms with Crippen LogP contribution in [0.5, 0.6) is 5.75 Å². The molecule has 1 fully saturated rings. The third-order valence-corrected chi connectivity index (χ3v) is 4.68. The summed E-state index contributed by atoms with van der Waals surface area (Å²) in [7, 11) is 1.73. The zero-order valence-corrected chi connectivity index (χ0v) is 13.0. The minimum Gasteiger partial charge on any atom is -0.496 e. The summed E-state index contributed by atoms with van der Waals surface area (Å²) in [6, 6.07) is 8.40. The van der Waals surface area contributed by atoms with Crippen LogP contribution in [0.4, 0.5) is 0 Å². The number of nitrogens with zero attached hydrogens (tertiary/aromatic N) is 1. The van der Waals surface area contributed by atoms with Gasteiger partial charge in [0.25, 0.3) is 0 Å². The fourth-order valence-electron chi connectivity index (χ4n) is 3.47. The van der Waals surface area contributed by atoms with Crippen molar-refractivity contribution < 1.29 is 4.74 Å². The highest BCUT2D eigenvalue weighted by Gasteiger charge is 2.12. The van der Waals surface area contributed by atoms with Gasteiger partial charge in [-0.05, 0) is 43.5 Å². The van der Waals surface area contributed by atoms with Crippen molar-refractivity contribution >= 4 is 10.9 Å². The third kappa shape index (κ3) is 3.41. The van der Waals surface area contributed by atoms with Gasteiger partial charge in [0.05, 0.1) is 12.6 Å². The van der Waals surface area contributed by atoms with Crippen LogP contribution < -0.4 is 10.1 Å². The van der Waals surface area contributed by atoms with Gasteiger partial charge >= 0.3 is 0 Å². The Bertz CT molecular complexity index is 570. The Morgan fingerprint density at radius 2 is 2.05 bits per heavy atom. The molecule has 3 nitrogen and oxygen atoms in total. The van der Waals surface area contributed by atoms with Crippen LogP contribution in [0.1, 0.15) is 32.1 Å². The van der Waals surface area contributed by atoms with Crippen molar-refractivity contribution in [2.24, 2.45) is 5.92 Å². The van der Waals surface area contributed by atoms with Crippen molar-refractivity contribution in [3.05, 3.63) is 30.5 Å². The molecule has 21 heavy (non-hydrogen) atoms. The maximum Gasteiger partial charge on any atom is 0.128 e. The molecule has 1 aromatic carbocycles. The molecular formula is C18H26N2O. The molecule has 1 heterocycles. The molecule has 0 aliphatic heterocycles. The molecule has 1 aromatic heterocycles. The molecule has 0 radical (unpaired) electrons. The molecule has 1 N–H and O–H groups in total. The fraction of sp³-hybridized carbons (Fsp3) is 0.556. The Labute approximate surface area is 127 Å². The van der Waals surface area contributed by atoms with Gasteiger partial charge in [0.15, 0.2) is 0 Å². The number of ether oxygens (including phenoxy) is 1. The van der Waals surface area contributed by atoms with E-state index in [1.165, 1.54) is 49.6 Å². The Morgan fingerprint density at radius 3 is 2.86 bits per heavy atom. The zero-order chi connectivity index (χ0) is 14.5. The highest BCUT2D eigenvalue weighted by molar-refractivity contribution is 5.86. The highest BCUT2D eigenvalue weighted by Crippen LogP contribution is 2.26. The number of rotatable bonds is 6. The van der Waals surface area contributed by atoms with Gasteiger partial charge in [0.2, 0.25) is 0 Å². The van der Waals surface area contributed by atoms with E-state index in [-0.39, 0.29) is 0 Å². The molecule has 0 saturated heterocycles. The minimum atomic E-state index is 0.903. The van der Waals surface area contributed by atoms with Crippen LogP contribution in [0.2, 0.25) is 0 Å². The van der Waals surface area contributed by atoms with E-state index in [1.54, 1.807) is 7.11 Å². The van der Waals surface area contributed by atoms with E-state index in [0.29, 0.717) is 0 Å². The van der Waals surface area contributed by atoms with Crippen molar-refractivity contribution in [2.75, 3.05) is 20.2 Å². The average Bonchev–Trinajstić information content (AvgIpc) is 2.96. The normalized spacial score (nSPS) is 16.4. The second-order valence-corrected chi connectivity index (χ2v) is 6.11. The van der Waals surface area contributed by atoms with Gasteiger partial charge in [-0.1, -0.05) is 25.3 Å². The number of hydrogen-bond donors (Lipinski definition) is 1. The van der Waals surface area contributed by atoms with Gasteiger partial charge in [-0.25, -0.2) is 0 Å². The van der Waals surface area contributed by atoms with Gasteiger partial charge in [-0.15, -0.1) is 0 Å². The van der Waals surface area contributed by atoms with Gasteiger partial charge < -0.3 is 14.6 Å². The van der Waals surface area contributed by atoms with Crippen molar-refractivity contribution in [1.29, 1.82) is 0 Å². The van der Waals surface area contributed by atoms with E-state index in [1.807, 2.05) is 6.07 Å². The zero-order valence-electron chi connectivity index (χ0n) is 13.0. The van der Waals surface area contributed by atoms with Gasteiger partial charge in [0, 0.05) is 24.7 Å². The van der Waals surface area contributed by atoms with E-state index in [4.69, 9.17) is 4.74 Å². The Kier molecular flexibility index (Phi) is 4.81. The fourth-order valence-corrected chi connectivity index (χ4v) is 3.47. The Morgan fingerprint density at radius 1 is 1.19 bits per heavy atom. The molecule has 1 saturated carbocycles. The lowest BCUT2D eigenvalue weighted by molar-refractivity contribution is 0.341. The van der Waals surface area contributed by atoms with Gasteiger partial charge in [0.1, 0.15) is 5.75 Å². The Balaban J connectivity index is 1.53. The molecule has 114 valence electrons. The van der Waals surface area contributed by atoms with Crippen LogP contribution >= 0.6 is 0 Å². The summed E-state index contributed by atoms with van der Waals surface area (Å²) >= 11 is 0. The summed E-state index contributed by atoms with van der Waals surface area (Å²) in [6.45, 7) is 3.24. The monoisotopic (exact) mass is 286 g/mol. The summed E-state index contributed by atoms with van der Waals surface area (Å²) in [5, 5.41) is 4.84. The van der Waals surface area contributed by atoms with Crippen molar-refractivity contribution in [3.8, 4) is 5.75 Å². The van der Waals surface area contributed by atoms with Crippen LogP contribution in [0.15, 0.2) is 30.5 Å². The lowest BCUT2D eigenvalue weighted by Crippen LogP contribution is -2.27. The molecule has 0 atom stereocenters. The summed E-state index contributed by atoms with van der Waals surface area (Å²) in [6.07, 6.45) is 9.28. The summed E-state index contributed by atoms with van der Waals surface area (Å²) in [4.78, 5) is 0. The van der Waals surface area contributed by atoms with Crippen molar-refractivity contribution in [2.45, 2.75) is 38.6 Å². The smallest absolute Gasteiger partial charge is 0.128 e. The van der Waals surface area contributed by atoms with Crippen LogP contribution in [0, 0.1) is 5.92 Å². The number of benzene rings is 1. The standard InChI is InChI=1S/C18H26N2O/c1-21-18-9-5-8-17-16(18)10-12-20(17)13-11-19-14-15-6-3-2-4-7-15/h5,8-10,12,15,19H,2-4,6-7,11,13-14H2,1H3. The van der Waals surface area contributed by atoms with E-state index in [2.05, 4.69) is 34.3 Å². The molecule has 1 aliphatic rings. The molecule has 0 spiro atoms. The van der Waals surface area contributed by atoms with Crippen molar-refractivity contribution in [1.82, 2.24) is 9.88 Å². The highest BCUT2D eigenvalue weighted by atomic mass is 16.5. The van der Waals surface area contributed by atoms with Gasteiger partial charge in [-0.2, -0.15) is 0 Å². The second kappa shape index (κ2) is 6.99. The van der Waals surface area contributed by atoms with Gasteiger partial charge in [-0.3, -0.25) is 0 Å². The van der Waals surface area contributed by atoms with Crippen LogP contribution in [0.3, 0.4) is 0 Å². The maximum atomic E-state index is 5.42. The largest absolute Gasteiger partial charge is 0.496 e. The lowest BCUT2D eigenvalue weighted by Gasteiger charge is -2.21. The minimum absolute atomic E-state index is 0.903. The quantitative estimate of drug-likeness (QED) is 0.817. The number of methoxy groups -OCH3 is 1. The summed E-state index contributed by atoms with van der Waals surface area (Å²) in [5.41, 5.74) is 1.26. The molecule has 0 amide bonds. The lowest BCUT2D eigenvalue weighted by atomic mass is 9.89. The van der Waals surface area contributed by atoms with E-state index in [0.717, 1.165) is 24.8 Å². The van der Waals surface area contributed by atoms with Crippen LogP contribution in [-0.2, 0) is 6.54 Å². The summed E-state index contributed by atoms with van der Waals surface area (Å²) in [5.74, 6) is 1.86. The average molecular weight is 286 g/mol. The van der Waals surface area contributed by atoms with Crippen molar-refractivity contribution in [3.63, 3.8) is 0 Å². The second-order valence-electron chi connectivity index (χ2n) is 6.11. The van der Waals surface area contributed by atoms with Crippen LogP contribution in [0.25, 0.3) is 10.9 Å². The molecule has 3 rings (SSSR count). The number of hydrogen-bond acceptors (Lipinski definition) is 2. The number of nitrogens with one attached hydrogen (secondary N) is 1. The van der Waals surface area contributed by atoms with E-state index < -0.39 is 0 Å². The molecule has 0 bridgehead atoms. The number of fused-ring (bicyclic) bond motifs is 1. The van der Waals surface area contributed by atoms with E-state index in [9.17, 15) is 0 Å². The Hall–Kier alpha value is -1.48. The SMILES string of the molecule is COc1cccc2c1ccn2CCNCC1CCCCC1. The van der Waals surface area contributed by atoms with Crippen LogP contribution in [-0.4, -0.2) is 24.8 Å². The topological polar surface area (TPSA) is 26.2 Å². The predicted molar refractivity (Wildman–Crippen MR) is 87.9 cm³/mol. The first-order valence-electron chi connectivity index (χ1n) is 8.21. The predicted octanol–water partition coefficient (Wildman–Crippen LogP) is 3.82. The molecule has 1 aliphatic carbocycles. The third-order valence-electron chi connectivity index (χ3n) is 4.68. The maximum absolute atomic E-state index is 5.42. The first kappa shape index (κ1) is 14.5.